The van der Waals surface area contributed by atoms with Crippen molar-refractivity contribution >= 4 is 11.7 Å². The van der Waals surface area contributed by atoms with Crippen LogP contribution in [0.3, 0.4) is 0 Å². The van der Waals surface area contributed by atoms with Crippen molar-refractivity contribution in [1.29, 1.82) is 0 Å². The first-order valence-corrected chi connectivity index (χ1v) is 7.04. The van der Waals surface area contributed by atoms with Gasteiger partial charge < -0.3 is 10.4 Å². The molecule has 0 radical (unpaired) electrons. The number of carbonyl (C=O) groups is 1. The van der Waals surface area contributed by atoms with Gasteiger partial charge in [0.15, 0.2) is 0 Å². The summed E-state index contributed by atoms with van der Waals surface area (Å²) < 4.78 is 0. The molecule has 0 aliphatic heterocycles. The van der Waals surface area contributed by atoms with Gasteiger partial charge in [-0.1, -0.05) is 32.0 Å². The summed E-state index contributed by atoms with van der Waals surface area (Å²) in [4.78, 5) is 19.0. The molecule has 0 atom stereocenters. The number of hydrogen-bond donors (Lipinski definition) is 2. The lowest BCUT2D eigenvalue weighted by Gasteiger charge is -2.15. The van der Waals surface area contributed by atoms with Gasteiger partial charge in [0.1, 0.15) is 11.9 Å². The summed E-state index contributed by atoms with van der Waals surface area (Å²) in [6.45, 7) is 4.58. The minimum atomic E-state index is -1.01. The summed E-state index contributed by atoms with van der Waals surface area (Å²) in [5, 5.41) is 12.5. The second-order valence-electron chi connectivity index (χ2n) is 4.70. The Hall–Kier alpha value is -2.43. The Morgan fingerprint density at radius 2 is 1.90 bits per heavy atom. The van der Waals surface area contributed by atoms with Crippen molar-refractivity contribution in [2.24, 2.45) is 0 Å². The van der Waals surface area contributed by atoms with Gasteiger partial charge in [-0.3, -0.25) is 0 Å². The third kappa shape index (κ3) is 3.37. The zero-order valence-corrected chi connectivity index (χ0v) is 12.3. The first-order chi connectivity index (χ1) is 10.2. The number of para-hydroxylation sites is 1. The molecule has 0 unspecified atom stereocenters. The van der Waals surface area contributed by atoms with Gasteiger partial charge in [0.05, 0.1) is 12.2 Å². The van der Waals surface area contributed by atoms with E-state index in [1.165, 1.54) is 23.7 Å². The molecular weight excluding hydrogens is 266 g/mol. The predicted octanol–water partition coefficient (Wildman–Crippen LogP) is 2.91. The fourth-order valence-electron chi connectivity index (χ4n) is 2.32. The number of carboxylic acids is 1. The standard InChI is InChI=1S/C16H19N3O2/c1-3-11-6-5-7-12(4-2)15(11)18-9-14-13(16(20)21)8-17-10-19-14/h5-8,10,18H,3-4,9H2,1-2H3,(H,20,21). The zero-order valence-electron chi connectivity index (χ0n) is 12.3. The Balaban J connectivity index is 2.26. The molecular formula is C16H19N3O2. The highest BCUT2D eigenvalue weighted by Gasteiger charge is 2.12. The molecule has 1 aromatic carbocycles. The number of aryl methyl sites for hydroxylation is 2. The van der Waals surface area contributed by atoms with E-state index in [1.807, 2.05) is 0 Å². The van der Waals surface area contributed by atoms with Crippen LogP contribution in [-0.4, -0.2) is 21.0 Å². The Labute approximate surface area is 124 Å². The SMILES string of the molecule is CCc1cccc(CC)c1NCc1ncncc1C(=O)O. The molecule has 110 valence electrons. The van der Waals surface area contributed by atoms with Crippen LogP contribution >= 0.6 is 0 Å². The van der Waals surface area contributed by atoms with E-state index < -0.39 is 5.97 Å². The topological polar surface area (TPSA) is 75.1 Å². The molecule has 0 bridgehead atoms. The van der Waals surface area contributed by atoms with Crippen molar-refractivity contribution in [2.75, 3.05) is 5.32 Å². The molecule has 0 saturated carbocycles. The highest BCUT2D eigenvalue weighted by atomic mass is 16.4. The zero-order chi connectivity index (χ0) is 15.2. The Bertz CT molecular complexity index is 619. The summed E-state index contributed by atoms with van der Waals surface area (Å²) >= 11 is 0. The van der Waals surface area contributed by atoms with E-state index in [9.17, 15) is 4.79 Å². The maximum absolute atomic E-state index is 11.2. The molecule has 2 aromatic rings. The van der Waals surface area contributed by atoms with Crippen LogP contribution in [0.2, 0.25) is 0 Å². The molecule has 0 aliphatic carbocycles. The first-order valence-electron chi connectivity index (χ1n) is 7.04. The van der Waals surface area contributed by atoms with Gasteiger partial charge in [0.25, 0.3) is 0 Å². The maximum Gasteiger partial charge on any atom is 0.339 e. The van der Waals surface area contributed by atoms with Crippen molar-refractivity contribution in [3.05, 3.63) is 53.1 Å². The van der Waals surface area contributed by atoms with Crippen molar-refractivity contribution in [2.45, 2.75) is 33.2 Å². The second-order valence-corrected chi connectivity index (χ2v) is 4.70. The maximum atomic E-state index is 11.2. The highest BCUT2D eigenvalue weighted by molar-refractivity contribution is 5.88. The minimum Gasteiger partial charge on any atom is -0.478 e. The lowest BCUT2D eigenvalue weighted by molar-refractivity contribution is 0.0694. The average molecular weight is 285 g/mol. The number of aromatic nitrogens is 2. The molecule has 1 heterocycles. The van der Waals surface area contributed by atoms with Crippen LogP contribution in [0, 0.1) is 0 Å². The number of benzene rings is 1. The van der Waals surface area contributed by atoms with E-state index in [0.717, 1.165) is 18.5 Å². The fourth-order valence-corrected chi connectivity index (χ4v) is 2.32. The number of anilines is 1. The molecule has 0 spiro atoms. The van der Waals surface area contributed by atoms with Crippen LogP contribution in [0.1, 0.15) is 41.0 Å². The van der Waals surface area contributed by atoms with E-state index in [4.69, 9.17) is 5.11 Å². The van der Waals surface area contributed by atoms with Crippen molar-refractivity contribution in [1.82, 2.24) is 9.97 Å². The van der Waals surface area contributed by atoms with Crippen LogP contribution in [-0.2, 0) is 19.4 Å². The van der Waals surface area contributed by atoms with E-state index in [2.05, 4.69) is 47.3 Å². The van der Waals surface area contributed by atoms with Crippen molar-refractivity contribution < 1.29 is 9.90 Å². The Kier molecular flexibility index (Phi) is 4.87. The molecule has 21 heavy (non-hydrogen) atoms. The van der Waals surface area contributed by atoms with Crippen molar-refractivity contribution in [3.8, 4) is 0 Å². The van der Waals surface area contributed by atoms with Gasteiger partial charge in [-0.2, -0.15) is 0 Å². The molecule has 5 heteroatoms. The molecule has 2 rings (SSSR count). The van der Waals surface area contributed by atoms with Crippen LogP contribution in [0.25, 0.3) is 0 Å². The summed E-state index contributed by atoms with van der Waals surface area (Å²) in [6, 6.07) is 6.22. The predicted molar refractivity (Wildman–Crippen MR) is 81.5 cm³/mol. The van der Waals surface area contributed by atoms with Crippen LogP contribution in [0.5, 0.6) is 0 Å². The first kappa shape index (κ1) is 15.0. The third-order valence-electron chi connectivity index (χ3n) is 3.46. The summed E-state index contributed by atoms with van der Waals surface area (Å²) in [7, 11) is 0. The summed E-state index contributed by atoms with van der Waals surface area (Å²) in [5.41, 5.74) is 4.15. The van der Waals surface area contributed by atoms with Gasteiger partial charge in [-0.25, -0.2) is 14.8 Å². The van der Waals surface area contributed by atoms with E-state index in [-0.39, 0.29) is 5.56 Å². The lowest BCUT2D eigenvalue weighted by atomic mass is 10.0. The summed E-state index contributed by atoms with van der Waals surface area (Å²) in [6.07, 6.45) is 4.55. The number of rotatable bonds is 6. The van der Waals surface area contributed by atoms with Crippen LogP contribution in [0.4, 0.5) is 5.69 Å². The summed E-state index contributed by atoms with van der Waals surface area (Å²) in [5.74, 6) is -1.01. The van der Waals surface area contributed by atoms with Gasteiger partial charge in [-0.05, 0) is 24.0 Å². The van der Waals surface area contributed by atoms with E-state index >= 15 is 0 Å². The monoisotopic (exact) mass is 285 g/mol. The van der Waals surface area contributed by atoms with Crippen LogP contribution < -0.4 is 5.32 Å². The second kappa shape index (κ2) is 6.83. The molecule has 0 saturated heterocycles. The van der Waals surface area contributed by atoms with Gasteiger partial charge >= 0.3 is 5.97 Å². The number of carboxylic acid groups (broad SMARTS) is 1. The lowest BCUT2D eigenvalue weighted by Crippen LogP contribution is -2.11. The Morgan fingerprint density at radius 3 is 2.48 bits per heavy atom. The van der Waals surface area contributed by atoms with E-state index in [0.29, 0.717) is 12.2 Å². The number of nitrogens with zero attached hydrogens (tertiary/aromatic N) is 2. The molecule has 1 aromatic heterocycles. The molecule has 2 N–H and O–H groups in total. The molecule has 0 amide bonds. The normalized spacial score (nSPS) is 10.4. The Morgan fingerprint density at radius 1 is 1.24 bits per heavy atom. The van der Waals surface area contributed by atoms with E-state index in [1.54, 1.807) is 0 Å². The largest absolute Gasteiger partial charge is 0.478 e. The van der Waals surface area contributed by atoms with Crippen LogP contribution in [0.15, 0.2) is 30.7 Å². The molecule has 0 aliphatic rings. The number of nitrogens with one attached hydrogen (secondary N) is 1. The number of hydrogen-bond acceptors (Lipinski definition) is 4. The van der Waals surface area contributed by atoms with Gasteiger partial charge in [0.2, 0.25) is 0 Å². The minimum absolute atomic E-state index is 0.136. The van der Waals surface area contributed by atoms with Gasteiger partial charge in [0, 0.05) is 11.9 Å². The van der Waals surface area contributed by atoms with Gasteiger partial charge in [-0.15, -0.1) is 0 Å². The number of aromatic carboxylic acids is 1. The quantitative estimate of drug-likeness (QED) is 0.853. The molecule has 5 nitrogen and oxygen atoms in total. The fraction of sp³-hybridized carbons (Fsp3) is 0.312. The third-order valence-corrected chi connectivity index (χ3v) is 3.46. The average Bonchev–Trinajstić information content (AvgIpc) is 2.52. The highest BCUT2D eigenvalue weighted by Crippen LogP contribution is 2.23. The van der Waals surface area contributed by atoms with Crippen molar-refractivity contribution in [3.63, 3.8) is 0 Å². The smallest absolute Gasteiger partial charge is 0.339 e. The molecule has 0 fully saturated rings.